The monoisotopic (exact) mass is 451 g/mol. The molecule has 24 heavy (non-hydrogen) atoms. The lowest BCUT2D eigenvalue weighted by Crippen LogP contribution is -2.47. The van der Waals surface area contributed by atoms with Gasteiger partial charge in [-0.25, -0.2) is 4.99 Å². The van der Waals surface area contributed by atoms with Crippen molar-refractivity contribution in [3.05, 3.63) is 0 Å². The summed E-state index contributed by atoms with van der Waals surface area (Å²) in [4.78, 5) is 31.9. The van der Waals surface area contributed by atoms with Crippen LogP contribution < -0.4 is 11.1 Å². The third-order valence-corrected chi connectivity index (χ3v) is 4.47. The number of aliphatic imine (C=N–C) groups is 1. The summed E-state index contributed by atoms with van der Waals surface area (Å²) in [5.74, 6) is 0.903. The van der Waals surface area contributed by atoms with Crippen LogP contribution in [0.5, 0.6) is 0 Å². The molecule has 2 amide bonds. The molecule has 2 rings (SSSR count). The van der Waals surface area contributed by atoms with Crippen LogP contribution in [-0.2, 0) is 9.59 Å². The third-order valence-electron chi connectivity index (χ3n) is 4.47. The summed E-state index contributed by atoms with van der Waals surface area (Å²) < 4.78 is 0. The second-order valence-corrected chi connectivity index (χ2v) is 6.38. The number of hydrogen-bond acceptors (Lipinski definition) is 3. The summed E-state index contributed by atoms with van der Waals surface area (Å²) in [6.07, 6.45) is 4.64. The number of likely N-dealkylation sites (tertiary alicyclic amines) is 2. The third kappa shape index (κ3) is 6.45. The van der Waals surface area contributed by atoms with Gasteiger partial charge in [-0.2, -0.15) is 0 Å². The van der Waals surface area contributed by atoms with Crippen molar-refractivity contribution in [2.75, 3.05) is 39.3 Å². The first-order valence-electron chi connectivity index (χ1n) is 8.69. The molecule has 0 aromatic carbocycles. The minimum Gasteiger partial charge on any atom is -0.370 e. The molecule has 7 nitrogen and oxygen atoms in total. The highest BCUT2D eigenvalue weighted by atomic mass is 127. The van der Waals surface area contributed by atoms with Gasteiger partial charge in [-0.05, 0) is 38.5 Å². The minimum absolute atomic E-state index is 0. The van der Waals surface area contributed by atoms with Gasteiger partial charge in [-0.3, -0.25) is 9.59 Å². The van der Waals surface area contributed by atoms with Crippen molar-refractivity contribution in [2.45, 2.75) is 39.0 Å². The van der Waals surface area contributed by atoms with E-state index in [0.29, 0.717) is 6.42 Å². The molecule has 0 aromatic rings. The van der Waals surface area contributed by atoms with Crippen molar-refractivity contribution in [2.24, 2.45) is 16.6 Å². The zero-order valence-corrected chi connectivity index (χ0v) is 16.8. The molecule has 0 spiro atoms. The molecule has 8 heteroatoms. The molecule has 2 saturated heterocycles. The number of carbonyl (C=O) groups excluding carboxylic acids is 2. The Morgan fingerprint density at radius 1 is 1.17 bits per heavy atom. The van der Waals surface area contributed by atoms with Crippen molar-refractivity contribution >= 4 is 41.8 Å². The van der Waals surface area contributed by atoms with E-state index >= 15 is 0 Å². The van der Waals surface area contributed by atoms with Gasteiger partial charge in [0.05, 0.1) is 0 Å². The standard InChI is InChI=1S/C16H29N5O2.HI/c1-2-18-16(19-11-15(23)20-7-3-4-8-20)21-9-5-6-13(12-21)10-14(17)22;/h13H,2-12H2,1H3,(H2,17,22)(H,18,19);1H. The number of nitrogens with two attached hydrogens (primary N) is 1. The van der Waals surface area contributed by atoms with E-state index in [9.17, 15) is 9.59 Å². The van der Waals surface area contributed by atoms with Crippen molar-refractivity contribution in [1.29, 1.82) is 0 Å². The Balaban J connectivity index is 0.00000288. The highest BCUT2D eigenvalue weighted by molar-refractivity contribution is 14.0. The number of guanidine groups is 1. The van der Waals surface area contributed by atoms with Crippen LogP contribution in [0.1, 0.15) is 39.0 Å². The number of nitrogens with one attached hydrogen (secondary N) is 1. The largest absolute Gasteiger partial charge is 0.370 e. The summed E-state index contributed by atoms with van der Waals surface area (Å²) in [6, 6.07) is 0. The second kappa shape index (κ2) is 10.7. The van der Waals surface area contributed by atoms with Gasteiger partial charge in [-0.1, -0.05) is 0 Å². The molecule has 2 aliphatic heterocycles. The van der Waals surface area contributed by atoms with Crippen molar-refractivity contribution in [3.8, 4) is 0 Å². The van der Waals surface area contributed by atoms with E-state index in [1.54, 1.807) is 0 Å². The van der Waals surface area contributed by atoms with Crippen molar-refractivity contribution in [3.63, 3.8) is 0 Å². The van der Waals surface area contributed by atoms with Gasteiger partial charge in [0.25, 0.3) is 0 Å². The van der Waals surface area contributed by atoms with Gasteiger partial charge in [0.2, 0.25) is 11.8 Å². The normalized spacial score (nSPS) is 21.4. The Kier molecular flexibility index (Phi) is 9.38. The first-order valence-corrected chi connectivity index (χ1v) is 8.69. The van der Waals surface area contributed by atoms with E-state index in [4.69, 9.17) is 5.73 Å². The number of carbonyl (C=O) groups is 2. The maximum absolute atomic E-state index is 12.2. The van der Waals surface area contributed by atoms with Crippen LogP contribution in [0.15, 0.2) is 4.99 Å². The second-order valence-electron chi connectivity index (χ2n) is 6.38. The number of primary amides is 1. The SMILES string of the molecule is CCNC(=NCC(=O)N1CCCC1)N1CCCC(CC(N)=O)C1.I. The quantitative estimate of drug-likeness (QED) is 0.367. The van der Waals surface area contributed by atoms with Crippen LogP contribution in [0.25, 0.3) is 0 Å². The molecule has 2 aliphatic rings. The van der Waals surface area contributed by atoms with Crippen LogP contribution in [0.2, 0.25) is 0 Å². The molecule has 3 N–H and O–H groups in total. The van der Waals surface area contributed by atoms with Gasteiger partial charge in [0.15, 0.2) is 5.96 Å². The van der Waals surface area contributed by atoms with E-state index in [-0.39, 0.29) is 48.3 Å². The summed E-state index contributed by atoms with van der Waals surface area (Å²) in [5, 5.41) is 3.26. The van der Waals surface area contributed by atoms with Crippen LogP contribution in [0.3, 0.4) is 0 Å². The fourth-order valence-electron chi connectivity index (χ4n) is 3.34. The molecule has 0 aliphatic carbocycles. The first-order chi connectivity index (χ1) is 11.1. The molecule has 0 bridgehead atoms. The Hall–Kier alpha value is -1.06. The average Bonchev–Trinajstić information content (AvgIpc) is 3.05. The summed E-state index contributed by atoms with van der Waals surface area (Å²) in [7, 11) is 0. The van der Waals surface area contributed by atoms with E-state index < -0.39 is 0 Å². The van der Waals surface area contributed by atoms with Crippen LogP contribution in [-0.4, -0.2) is 66.8 Å². The predicted octanol–water partition coefficient (Wildman–Crippen LogP) is 0.780. The first kappa shape index (κ1) is 21.0. The molecular formula is C16H30IN5O2. The molecule has 2 heterocycles. The molecule has 0 saturated carbocycles. The highest BCUT2D eigenvalue weighted by Crippen LogP contribution is 2.19. The smallest absolute Gasteiger partial charge is 0.244 e. The molecule has 0 aromatic heterocycles. The number of hydrogen-bond donors (Lipinski definition) is 2. The maximum Gasteiger partial charge on any atom is 0.244 e. The maximum atomic E-state index is 12.2. The lowest BCUT2D eigenvalue weighted by molar-refractivity contribution is -0.128. The number of rotatable bonds is 5. The fraction of sp³-hybridized carbons (Fsp3) is 0.812. The van der Waals surface area contributed by atoms with Gasteiger partial charge in [0.1, 0.15) is 6.54 Å². The lowest BCUT2D eigenvalue weighted by Gasteiger charge is -2.34. The van der Waals surface area contributed by atoms with Crippen LogP contribution >= 0.6 is 24.0 Å². The topological polar surface area (TPSA) is 91.0 Å². The highest BCUT2D eigenvalue weighted by Gasteiger charge is 2.24. The summed E-state index contributed by atoms with van der Waals surface area (Å²) in [6.45, 7) is 6.35. The van der Waals surface area contributed by atoms with Gasteiger partial charge in [0, 0.05) is 39.1 Å². The van der Waals surface area contributed by atoms with Crippen LogP contribution in [0.4, 0.5) is 0 Å². The Bertz CT molecular complexity index is 452. The Morgan fingerprint density at radius 2 is 1.83 bits per heavy atom. The number of nitrogens with zero attached hydrogens (tertiary/aromatic N) is 3. The number of piperidine rings is 1. The van der Waals surface area contributed by atoms with E-state index in [2.05, 4.69) is 15.2 Å². The lowest BCUT2D eigenvalue weighted by atomic mass is 9.95. The summed E-state index contributed by atoms with van der Waals surface area (Å²) in [5.41, 5.74) is 5.32. The van der Waals surface area contributed by atoms with E-state index in [1.165, 1.54) is 0 Å². The average molecular weight is 451 g/mol. The van der Waals surface area contributed by atoms with Gasteiger partial charge < -0.3 is 20.9 Å². The van der Waals surface area contributed by atoms with Gasteiger partial charge in [-0.15, -0.1) is 24.0 Å². The molecule has 138 valence electrons. The molecule has 1 unspecified atom stereocenters. The van der Waals surface area contributed by atoms with Crippen LogP contribution in [0, 0.1) is 5.92 Å². The van der Waals surface area contributed by atoms with Crippen molar-refractivity contribution < 1.29 is 9.59 Å². The Morgan fingerprint density at radius 3 is 2.46 bits per heavy atom. The Labute approximate surface area is 161 Å². The molecule has 0 radical (unpaired) electrons. The molecule has 2 fully saturated rings. The van der Waals surface area contributed by atoms with E-state index in [1.807, 2.05) is 11.8 Å². The molecular weight excluding hydrogens is 421 g/mol. The van der Waals surface area contributed by atoms with Gasteiger partial charge >= 0.3 is 0 Å². The van der Waals surface area contributed by atoms with E-state index in [0.717, 1.165) is 64.4 Å². The zero-order chi connectivity index (χ0) is 16.7. The van der Waals surface area contributed by atoms with Crippen molar-refractivity contribution in [1.82, 2.24) is 15.1 Å². The number of halogens is 1. The minimum atomic E-state index is -0.247. The predicted molar refractivity (Wildman–Crippen MR) is 105 cm³/mol. The number of amides is 2. The zero-order valence-electron chi connectivity index (χ0n) is 14.5. The summed E-state index contributed by atoms with van der Waals surface area (Å²) >= 11 is 0. The fourth-order valence-corrected chi connectivity index (χ4v) is 3.34. The molecule has 1 atom stereocenters.